The maximum absolute atomic E-state index is 14.9. The number of halogens is 1. The molecule has 32 heavy (non-hydrogen) atoms. The van der Waals surface area contributed by atoms with Crippen molar-refractivity contribution in [2.24, 2.45) is 0 Å². The van der Waals surface area contributed by atoms with Gasteiger partial charge < -0.3 is 4.90 Å². The molecule has 12 heteroatoms. The fourth-order valence-corrected chi connectivity index (χ4v) is 6.76. The minimum absolute atomic E-state index is 0.0815. The maximum Gasteiger partial charge on any atom is 0.269 e. The Balaban J connectivity index is 2.62. The number of nitriles is 1. The Morgan fingerprint density at radius 2 is 1.88 bits per heavy atom. The van der Waals surface area contributed by atoms with Gasteiger partial charge in [0.1, 0.15) is 5.82 Å². The molecule has 0 bridgehead atoms. The molecule has 0 saturated carbocycles. The van der Waals surface area contributed by atoms with Gasteiger partial charge in [-0.1, -0.05) is 0 Å². The van der Waals surface area contributed by atoms with E-state index in [2.05, 4.69) is 4.72 Å². The third-order valence-electron chi connectivity index (χ3n) is 5.70. The zero-order chi connectivity index (χ0) is 24.5. The number of non-ortho nitro benzene ring substituents is 1. The molecule has 1 heterocycles. The van der Waals surface area contributed by atoms with Gasteiger partial charge in [0.15, 0.2) is 14.6 Å². The number of nitro groups is 1. The van der Waals surface area contributed by atoms with Crippen molar-refractivity contribution in [2.75, 3.05) is 25.9 Å². The Labute approximate surface area is 190 Å². The molecule has 1 saturated heterocycles. The topological polar surface area (TPSA) is 133 Å². The third-order valence-corrected chi connectivity index (χ3v) is 10.1. The predicted molar refractivity (Wildman–Crippen MR) is 120 cm³/mol. The first kappa shape index (κ1) is 26.3. The van der Waals surface area contributed by atoms with Crippen LogP contribution in [-0.4, -0.2) is 57.8 Å². The lowest BCUT2D eigenvalue weighted by Gasteiger charge is -2.39. The number of hydrogen-bond donors (Lipinski definition) is 1. The zero-order valence-electron chi connectivity index (χ0n) is 18.8. The van der Waals surface area contributed by atoms with Gasteiger partial charge >= 0.3 is 0 Å². The first-order valence-electron chi connectivity index (χ1n) is 10.0. The number of hydrogen-bond acceptors (Lipinski definition) is 7. The Morgan fingerprint density at radius 1 is 1.31 bits per heavy atom. The average molecular weight is 489 g/mol. The molecule has 1 aliphatic heterocycles. The number of likely N-dealkylation sites (tertiary alicyclic amines) is 1. The summed E-state index contributed by atoms with van der Waals surface area (Å²) in [5, 5.41) is 21.1. The standard InChI is InChI=1S/C20H29FN4O5S2/c1-18(2,3)31(28)23-19(4,16-12-15(25(26)27)6-7-17(16)21)14-32(29,30)20(13-22)8-10-24(5)11-9-20/h6-7,12,23H,8-11,14H2,1-5H3/t19-,31?/m0/s1. The monoisotopic (exact) mass is 488 g/mol. The molecule has 2 rings (SSSR count). The molecule has 1 aromatic carbocycles. The summed E-state index contributed by atoms with van der Waals surface area (Å²) in [7, 11) is -4.20. The molecular formula is C20H29FN4O5S2. The Bertz CT molecular complexity index is 1060. The molecule has 1 aliphatic rings. The van der Waals surface area contributed by atoms with Gasteiger partial charge in [0.05, 0.1) is 38.0 Å². The normalized spacial score (nSPS) is 20.2. The van der Waals surface area contributed by atoms with E-state index in [4.69, 9.17) is 0 Å². The molecule has 178 valence electrons. The smallest absolute Gasteiger partial charge is 0.269 e. The molecule has 1 aromatic rings. The maximum atomic E-state index is 14.9. The molecule has 0 aliphatic carbocycles. The lowest BCUT2D eigenvalue weighted by atomic mass is 9.94. The van der Waals surface area contributed by atoms with E-state index >= 15 is 0 Å². The highest BCUT2D eigenvalue weighted by molar-refractivity contribution is 7.93. The van der Waals surface area contributed by atoms with Crippen LogP contribution in [0.1, 0.15) is 46.1 Å². The second-order valence-electron chi connectivity index (χ2n) is 9.40. The Kier molecular flexibility index (Phi) is 7.51. The van der Waals surface area contributed by atoms with E-state index in [9.17, 15) is 32.4 Å². The van der Waals surface area contributed by atoms with Gasteiger partial charge in [-0.3, -0.25) is 10.1 Å². The van der Waals surface area contributed by atoms with Gasteiger partial charge in [0.2, 0.25) is 0 Å². The van der Waals surface area contributed by atoms with Crippen molar-refractivity contribution < 1.29 is 21.9 Å². The lowest BCUT2D eigenvalue weighted by Crippen LogP contribution is -2.55. The summed E-state index contributed by atoms with van der Waals surface area (Å²) in [6, 6.07) is 4.77. The number of nitrogens with one attached hydrogen (secondary N) is 1. The second-order valence-corrected chi connectivity index (χ2v) is 13.7. The van der Waals surface area contributed by atoms with Crippen molar-refractivity contribution in [3.8, 4) is 6.07 Å². The number of nitrogens with zero attached hydrogens (tertiary/aromatic N) is 3. The van der Waals surface area contributed by atoms with Crippen LogP contribution in [0.3, 0.4) is 0 Å². The molecule has 1 unspecified atom stereocenters. The van der Waals surface area contributed by atoms with E-state index < -0.39 is 58.0 Å². The van der Waals surface area contributed by atoms with Crippen molar-refractivity contribution in [3.63, 3.8) is 0 Å². The fraction of sp³-hybridized carbons (Fsp3) is 0.650. The highest BCUT2D eigenvalue weighted by Gasteiger charge is 2.50. The summed E-state index contributed by atoms with van der Waals surface area (Å²) in [5.41, 5.74) is -2.52. The van der Waals surface area contributed by atoms with Crippen molar-refractivity contribution >= 4 is 26.5 Å². The molecular weight excluding hydrogens is 459 g/mol. The minimum Gasteiger partial charge on any atom is -0.306 e. The van der Waals surface area contributed by atoms with Crippen LogP contribution < -0.4 is 4.72 Å². The van der Waals surface area contributed by atoms with Crippen LogP contribution in [0.2, 0.25) is 0 Å². The van der Waals surface area contributed by atoms with Crippen LogP contribution >= 0.6 is 0 Å². The minimum atomic E-state index is -4.19. The average Bonchev–Trinajstić information content (AvgIpc) is 2.67. The van der Waals surface area contributed by atoms with E-state index in [1.807, 2.05) is 18.0 Å². The lowest BCUT2D eigenvalue weighted by molar-refractivity contribution is -0.385. The van der Waals surface area contributed by atoms with Crippen LogP contribution in [0, 0.1) is 27.3 Å². The molecule has 0 radical (unpaired) electrons. The van der Waals surface area contributed by atoms with Crippen molar-refractivity contribution in [3.05, 3.63) is 39.7 Å². The molecule has 0 amide bonds. The van der Waals surface area contributed by atoms with Crippen molar-refractivity contribution in [1.29, 1.82) is 5.26 Å². The number of nitro benzene ring substituents is 1. The summed E-state index contributed by atoms with van der Waals surface area (Å²) in [6.45, 7) is 7.11. The van der Waals surface area contributed by atoms with Crippen molar-refractivity contribution in [2.45, 2.75) is 55.6 Å². The van der Waals surface area contributed by atoms with Gasteiger partial charge in [-0.05, 0) is 53.7 Å². The summed E-state index contributed by atoms with van der Waals surface area (Å²) < 4.78 is 55.1. The van der Waals surface area contributed by atoms with Crippen molar-refractivity contribution in [1.82, 2.24) is 9.62 Å². The summed E-state index contributed by atoms with van der Waals surface area (Å²) in [4.78, 5) is 12.5. The highest BCUT2D eigenvalue weighted by Crippen LogP contribution is 2.37. The van der Waals surface area contributed by atoms with Gasteiger partial charge in [-0.15, -0.1) is 0 Å². The van der Waals surface area contributed by atoms with E-state index in [-0.39, 0.29) is 18.4 Å². The summed E-state index contributed by atoms with van der Waals surface area (Å²) >= 11 is 0. The van der Waals surface area contributed by atoms with Gasteiger partial charge in [0, 0.05) is 30.8 Å². The number of rotatable bonds is 7. The molecule has 1 fully saturated rings. The highest BCUT2D eigenvalue weighted by atomic mass is 32.2. The van der Waals surface area contributed by atoms with Crippen LogP contribution in [-0.2, 0) is 26.4 Å². The van der Waals surface area contributed by atoms with Gasteiger partial charge in [-0.2, -0.15) is 5.26 Å². The summed E-state index contributed by atoms with van der Waals surface area (Å²) in [5.74, 6) is -1.63. The first-order chi connectivity index (χ1) is 14.6. The van der Waals surface area contributed by atoms with Crippen LogP contribution in [0.4, 0.5) is 10.1 Å². The number of benzene rings is 1. The van der Waals surface area contributed by atoms with E-state index in [1.54, 1.807) is 20.8 Å². The first-order valence-corrected chi connectivity index (χ1v) is 12.8. The van der Waals surface area contributed by atoms with Crippen LogP contribution in [0.15, 0.2) is 18.2 Å². The Morgan fingerprint density at radius 3 is 2.34 bits per heavy atom. The van der Waals surface area contributed by atoms with Crippen LogP contribution in [0.25, 0.3) is 0 Å². The predicted octanol–water partition coefficient (Wildman–Crippen LogP) is 2.40. The quantitative estimate of drug-likeness (QED) is 0.460. The largest absolute Gasteiger partial charge is 0.306 e. The van der Waals surface area contributed by atoms with E-state index in [0.717, 1.165) is 18.2 Å². The zero-order valence-corrected chi connectivity index (χ0v) is 20.5. The summed E-state index contributed by atoms with van der Waals surface area (Å²) in [6.07, 6.45) is 0.163. The van der Waals surface area contributed by atoms with Gasteiger partial charge in [-0.25, -0.2) is 21.7 Å². The van der Waals surface area contributed by atoms with Crippen LogP contribution in [0.5, 0.6) is 0 Å². The molecule has 1 N–H and O–H groups in total. The molecule has 0 spiro atoms. The Hall–Kier alpha value is -1.94. The molecule has 9 nitrogen and oxygen atoms in total. The molecule has 2 atom stereocenters. The van der Waals surface area contributed by atoms with Gasteiger partial charge in [0.25, 0.3) is 5.69 Å². The SMILES string of the molecule is CN1CCC(C#N)(S(=O)(=O)C[C@](C)(NS(=O)C(C)(C)C)c2cc([N+](=O)[O-])ccc2F)CC1. The van der Waals surface area contributed by atoms with E-state index in [1.165, 1.54) is 6.92 Å². The third kappa shape index (κ3) is 5.33. The fourth-order valence-electron chi connectivity index (χ4n) is 3.56. The molecule has 0 aromatic heterocycles. The number of piperidine rings is 1. The second kappa shape index (κ2) is 9.13. The number of sulfone groups is 1. The van der Waals surface area contributed by atoms with E-state index in [0.29, 0.717) is 13.1 Å².